The quantitative estimate of drug-likeness (QED) is 0.782. The van der Waals surface area contributed by atoms with Gasteiger partial charge < -0.3 is 9.84 Å². The summed E-state index contributed by atoms with van der Waals surface area (Å²) in [6, 6.07) is 10.6. The van der Waals surface area contributed by atoms with Crippen LogP contribution >= 0.6 is 0 Å². The Hall–Kier alpha value is -3.09. The van der Waals surface area contributed by atoms with Gasteiger partial charge in [-0.05, 0) is 23.8 Å². The second kappa shape index (κ2) is 5.72. The lowest BCUT2D eigenvalue weighted by Gasteiger charge is -2.05. The number of carbonyl (C=O) groups is 1. The normalized spacial score (nSPS) is 10.6. The van der Waals surface area contributed by atoms with Crippen LogP contribution in [0.5, 0.6) is 0 Å². The largest absolute Gasteiger partial charge is 0.371 e. The Labute approximate surface area is 125 Å². The van der Waals surface area contributed by atoms with E-state index >= 15 is 0 Å². The van der Waals surface area contributed by atoms with Gasteiger partial charge in [0.15, 0.2) is 0 Å². The molecular weight excluding hydrogens is 284 g/mol. The minimum Gasteiger partial charge on any atom is -0.371 e. The molecule has 0 aliphatic carbocycles. The van der Waals surface area contributed by atoms with Crippen molar-refractivity contribution in [3.05, 3.63) is 70.5 Å². The summed E-state index contributed by atoms with van der Waals surface area (Å²) in [5, 5.41) is 6.85. The van der Waals surface area contributed by atoms with Crippen LogP contribution in [0, 0.1) is 0 Å². The van der Waals surface area contributed by atoms with Gasteiger partial charge in [0.05, 0.1) is 11.8 Å². The first-order valence-electron chi connectivity index (χ1n) is 6.68. The lowest BCUT2D eigenvalue weighted by Crippen LogP contribution is -2.22. The number of rotatable bonds is 4. The van der Waals surface area contributed by atoms with Crippen molar-refractivity contribution in [2.45, 2.75) is 6.54 Å². The lowest BCUT2D eigenvalue weighted by molar-refractivity contribution is 0.0901. The zero-order valence-corrected chi connectivity index (χ0v) is 11.9. The van der Waals surface area contributed by atoms with Crippen LogP contribution in [-0.2, 0) is 13.6 Å². The minimum absolute atomic E-state index is 0.000612. The topological polar surface area (TPSA) is 82.1 Å². The third-order valence-electron chi connectivity index (χ3n) is 3.18. The molecule has 7 nitrogen and oxygen atoms in total. The Bertz CT molecular complexity index is 829. The molecule has 0 aliphatic heterocycles. The maximum Gasteiger partial charge on any atom is 0.290 e. The van der Waals surface area contributed by atoms with Gasteiger partial charge in [-0.25, -0.2) is 4.68 Å². The number of hydrogen-bond donors (Lipinski definition) is 1. The van der Waals surface area contributed by atoms with Crippen molar-refractivity contribution < 1.29 is 9.32 Å². The number of amides is 1. The van der Waals surface area contributed by atoms with Crippen molar-refractivity contribution in [2.75, 3.05) is 0 Å². The zero-order valence-electron chi connectivity index (χ0n) is 11.9. The fraction of sp³-hybridized carbons (Fsp3) is 0.133. The molecule has 0 spiro atoms. The van der Waals surface area contributed by atoms with E-state index in [0.29, 0.717) is 6.54 Å². The third kappa shape index (κ3) is 2.83. The molecule has 2 heterocycles. The van der Waals surface area contributed by atoms with Crippen molar-refractivity contribution in [1.82, 2.24) is 19.8 Å². The first-order chi connectivity index (χ1) is 10.6. The molecule has 7 heteroatoms. The van der Waals surface area contributed by atoms with Crippen LogP contribution in [0.4, 0.5) is 0 Å². The first kappa shape index (κ1) is 13.9. The van der Waals surface area contributed by atoms with Crippen LogP contribution < -0.4 is 10.9 Å². The molecule has 0 saturated heterocycles. The molecule has 0 fully saturated rings. The molecule has 22 heavy (non-hydrogen) atoms. The van der Waals surface area contributed by atoms with E-state index in [9.17, 15) is 9.59 Å². The molecule has 2 aromatic heterocycles. The van der Waals surface area contributed by atoms with Crippen LogP contribution in [-0.4, -0.2) is 20.4 Å². The van der Waals surface area contributed by atoms with Gasteiger partial charge >= 0.3 is 0 Å². The smallest absolute Gasteiger partial charge is 0.290 e. The Kier molecular flexibility index (Phi) is 3.61. The monoisotopic (exact) mass is 298 g/mol. The number of carbonyl (C=O) groups excluding carboxylic acids is 1. The highest BCUT2D eigenvalue weighted by Crippen LogP contribution is 2.08. The molecule has 0 aliphatic rings. The molecule has 1 N–H and O–H groups in total. The van der Waals surface area contributed by atoms with E-state index in [-0.39, 0.29) is 11.3 Å². The standard InChI is InChI=1S/C15H14N4O3/c1-18-14(20)9-13(22-18)15(21)16-10-11-3-5-12(6-4-11)19-8-2-7-17-19/h2-9H,10H2,1H3,(H,16,21). The number of nitrogens with zero attached hydrogens (tertiary/aromatic N) is 3. The van der Waals surface area contributed by atoms with Gasteiger partial charge in [-0.15, -0.1) is 0 Å². The summed E-state index contributed by atoms with van der Waals surface area (Å²) < 4.78 is 7.77. The second-order valence-corrected chi connectivity index (χ2v) is 4.74. The molecule has 0 radical (unpaired) electrons. The SMILES string of the molecule is Cn1oc(C(=O)NCc2ccc(-n3cccn3)cc2)cc1=O. The first-order valence-corrected chi connectivity index (χ1v) is 6.68. The van der Waals surface area contributed by atoms with Crippen LogP contribution in [0.2, 0.25) is 0 Å². The average molecular weight is 298 g/mol. The van der Waals surface area contributed by atoms with Crippen molar-refractivity contribution >= 4 is 5.91 Å². The molecule has 0 bridgehead atoms. The van der Waals surface area contributed by atoms with Gasteiger partial charge in [0.1, 0.15) is 0 Å². The molecule has 0 unspecified atom stereocenters. The minimum atomic E-state index is -0.422. The van der Waals surface area contributed by atoms with Crippen molar-refractivity contribution in [3.63, 3.8) is 0 Å². The van der Waals surface area contributed by atoms with Gasteiger partial charge in [-0.1, -0.05) is 12.1 Å². The van der Waals surface area contributed by atoms with E-state index < -0.39 is 5.91 Å². The number of aryl methyl sites for hydroxylation is 1. The van der Waals surface area contributed by atoms with E-state index in [2.05, 4.69) is 10.4 Å². The van der Waals surface area contributed by atoms with Crippen molar-refractivity contribution in [3.8, 4) is 5.69 Å². The van der Waals surface area contributed by atoms with E-state index in [0.717, 1.165) is 22.1 Å². The summed E-state index contributed by atoms with van der Waals surface area (Å²) in [5.41, 5.74) is 1.52. The second-order valence-electron chi connectivity index (χ2n) is 4.74. The lowest BCUT2D eigenvalue weighted by atomic mass is 10.2. The van der Waals surface area contributed by atoms with E-state index in [1.807, 2.05) is 36.5 Å². The fourth-order valence-corrected chi connectivity index (χ4v) is 1.99. The predicted octanol–water partition coefficient (Wildman–Crippen LogP) is 1.09. The summed E-state index contributed by atoms with van der Waals surface area (Å²) >= 11 is 0. The Morgan fingerprint density at radius 2 is 2.09 bits per heavy atom. The van der Waals surface area contributed by atoms with Crippen LogP contribution in [0.3, 0.4) is 0 Å². The summed E-state index contributed by atoms with van der Waals surface area (Å²) in [6.45, 7) is 0.344. The predicted molar refractivity (Wildman–Crippen MR) is 78.7 cm³/mol. The average Bonchev–Trinajstić information content (AvgIpc) is 3.16. The van der Waals surface area contributed by atoms with Gasteiger partial charge in [0.2, 0.25) is 5.76 Å². The van der Waals surface area contributed by atoms with Crippen molar-refractivity contribution in [2.24, 2.45) is 7.05 Å². The van der Waals surface area contributed by atoms with E-state index in [1.54, 1.807) is 10.9 Å². The van der Waals surface area contributed by atoms with Gasteiger partial charge in [-0.3, -0.25) is 9.59 Å². The molecule has 3 aromatic rings. The summed E-state index contributed by atoms with van der Waals surface area (Å²) in [5.74, 6) is -0.422. The highest BCUT2D eigenvalue weighted by molar-refractivity contribution is 5.91. The maximum atomic E-state index is 11.9. The van der Waals surface area contributed by atoms with Crippen LogP contribution in [0.1, 0.15) is 16.1 Å². The summed E-state index contributed by atoms with van der Waals surface area (Å²) in [6.07, 6.45) is 3.57. The highest BCUT2D eigenvalue weighted by Gasteiger charge is 2.12. The molecule has 0 saturated carbocycles. The molecule has 1 aromatic carbocycles. The Morgan fingerprint density at radius 3 is 2.68 bits per heavy atom. The highest BCUT2D eigenvalue weighted by atomic mass is 16.5. The molecule has 3 rings (SSSR count). The fourth-order valence-electron chi connectivity index (χ4n) is 1.99. The Morgan fingerprint density at radius 1 is 1.32 bits per heavy atom. The molecule has 112 valence electrons. The van der Waals surface area contributed by atoms with Crippen LogP contribution in [0.25, 0.3) is 5.69 Å². The number of nitrogens with one attached hydrogen (secondary N) is 1. The summed E-state index contributed by atoms with van der Waals surface area (Å²) in [4.78, 5) is 23.1. The van der Waals surface area contributed by atoms with Gasteiger partial charge in [0.25, 0.3) is 11.5 Å². The Balaban J connectivity index is 1.64. The number of aromatic nitrogens is 3. The number of hydrogen-bond acceptors (Lipinski definition) is 4. The summed E-state index contributed by atoms with van der Waals surface area (Å²) in [7, 11) is 1.45. The third-order valence-corrected chi connectivity index (χ3v) is 3.18. The maximum absolute atomic E-state index is 11.9. The number of benzene rings is 1. The van der Waals surface area contributed by atoms with E-state index in [4.69, 9.17) is 4.52 Å². The molecule has 1 amide bonds. The van der Waals surface area contributed by atoms with Gasteiger partial charge in [0, 0.05) is 26.0 Å². The molecule has 0 atom stereocenters. The van der Waals surface area contributed by atoms with Gasteiger partial charge in [-0.2, -0.15) is 9.84 Å². The zero-order chi connectivity index (χ0) is 15.5. The van der Waals surface area contributed by atoms with E-state index in [1.165, 1.54) is 7.05 Å². The van der Waals surface area contributed by atoms with Crippen molar-refractivity contribution in [1.29, 1.82) is 0 Å². The van der Waals surface area contributed by atoms with Crippen LogP contribution in [0.15, 0.2) is 58.1 Å². The molecular formula is C15H14N4O3.